The van der Waals surface area contributed by atoms with Crippen LogP contribution in [0, 0.1) is 5.41 Å². The van der Waals surface area contributed by atoms with E-state index in [-0.39, 0.29) is 29.6 Å². The standard InChI is InChI=1S/C15H24N4O.ClH/c1-11(2)13-12(8-17-10-19-13)14(20)18-9-15(3)4-6-16-7-5-15;/h8,10-11,16H,4-7,9H2,1-3H3,(H,18,20);1H. The molecule has 21 heavy (non-hydrogen) atoms. The van der Waals surface area contributed by atoms with Crippen LogP contribution in [0.5, 0.6) is 0 Å². The molecule has 1 aromatic heterocycles. The van der Waals surface area contributed by atoms with E-state index in [0.717, 1.165) is 31.6 Å². The molecule has 0 unspecified atom stereocenters. The third-order valence-electron chi connectivity index (χ3n) is 4.02. The van der Waals surface area contributed by atoms with Crippen LogP contribution in [0.25, 0.3) is 0 Å². The minimum absolute atomic E-state index is 0. The molecule has 1 aromatic rings. The second-order valence-corrected chi connectivity index (χ2v) is 6.22. The molecule has 1 aliphatic heterocycles. The summed E-state index contributed by atoms with van der Waals surface area (Å²) in [5.41, 5.74) is 1.60. The predicted molar refractivity (Wildman–Crippen MR) is 85.9 cm³/mol. The fourth-order valence-electron chi connectivity index (χ4n) is 2.57. The molecule has 0 aliphatic carbocycles. The summed E-state index contributed by atoms with van der Waals surface area (Å²) in [7, 11) is 0. The number of hydrogen-bond acceptors (Lipinski definition) is 4. The lowest BCUT2D eigenvalue weighted by atomic mass is 9.81. The number of amides is 1. The highest BCUT2D eigenvalue weighted by Gasteiger charge is 2.27. The molecule has 5 nitrogen and oxygen atoms in total. The maximum absolute atomic E-state index is 12.3. The Balaban J connectivity index is 0.00000220. The van der Waals surface area contributed by atoms with Gasteiger partial charge in [-0.15, -0.1) is 12.4 Å². The van der Waals surface area contributed by atoms with E-state index in [1.165, 1.54) is 6.33 Å². The van der Waals surface area contributed by atoms with Gasteiger partial charge in [0.1, 0.15) is 6.33 Å². The molecule has 0 bridgehead atoms. The molecule has 1 saturated heterocycles. The fourth-order valence-corrected chi connectivity index (χ4v) is 2.57. The van der Waals surface area contributed by atoms with Crippen molar-refractivity contribution in [2.24, 2.45) is 5.41 Å². The van der Waals surface area contributed by atoms with Crippen molar-refractivity contribution in [2.75, 3.05) is 19.6 Å². The molecule has 0 saturated carbocycles. The van der Waals surface area contributed by atoms with E-state index in [2.05, 4.69) is 27.5 Å². The van der Waals surface area contributed by atoms with Crippen LogP contribution in [0.2, 0.25) is 0 Å². The summed E-state index contributed by atoms with van der Waals surface area (Å²) in [4.78, 5) is 20.6. The lowest BCUT2D eigenvalue weighted by Crippen LogP contribution is -2.43. The summed E-state index contributed by atoms with van der Waals surface area (Å²) < 4.78 is 0. The van der Waals surface area contributed by atoms with E-state index in [1.54, 1.807) is 6.20 Å². The maximum Gasteiger partial charge on any atom is 0.254 e. The van der Waals surface area contributed by atoms with Crippen LogP contribution in [-0.2, 0) is 0 Å². The monoisotopic (exact) mass is 312 g/mol. The number of nitrogens with zero attached hydrogens (tertiary/aromatic N) is 2. The molecule has 0 radical (unpaired) electrons. The Morgan fingerprint density at radius 2 is 2.10 bits per heavy atom. The van der Waals surface area contributed by atoms with Crippen LogP contribution < -0.4 is 10.6 Å². The van der Waals surface area contributed by atoms with Crippen molar-refractivity contribution in [3.8, 4) is 0 Å². The van der Waals surface area contributed by atoms with Gasteiger partial charge in [-0.05, 0) is 37.3 Å². The van der Waals surface area contributed by atoms with Crippen molar-refractivity contribution in [1.29, 1.82) is 0 Å². The average Bonchev–Trinajstić information content (AvgIpc) is 2.45. The van der Waals surface area contributed by atoms with E-state index in [0.29, 0.717) is 12.1 Å². The Morgan fingerprint density at radius 1 is 1.43 bits per heavy atom. The van der Waals surface area contributed by atoms with Crippen LogP contribution >= 0.6 is 12.4 Å². The SMILES string of the molecule is CC(C)c1ncncc1C(=O)NCC1(C)CCNCC1.Cl. The zero-order valence-corrected chi connectivity index (χ0v) is 13.8. The van der Waals surface area contributed by atoms with E-state index in [4.69, 9.17) is 0 Å². The first-order valence-corrected chi connectivity index (χ1v) is 7.31. The second-order valence-electron chi connectivity index (χ2n) is 6.22. The van der Waals surface area contributed by atoms with Gasteiger partial charge in [0, 0.05) is 12.7 Å². The van der Waals surface area contributed by atoms with Gasteiger partial charge in [0.2, 0.25) is 0 Å². The summed E-state index contributed by atoms with van der Waals surface area (Å²) in [6.45, 7) is 9.06. The van der Waals surface area contributed by atoms with Gasteiger partial charge in [-0.2, -0.15) is 0 Å². The minimum Gasteiger partial charge on any atom is -0.351 e. The highest BCUT2D eigenvalue weighted by atomic mass is 35.5. The quantitative estimate of drug-likeness (QED) is 0.894. The lowest BCUT2D eigenvalue weighted by molar-refractivity contribution is 0.0920. The Bertz CT molecular complexity index is 472. The van der Waals surface area contributed by atoms with Crippen molar-refractivity contribution < 1.29 is 4.79 Å². The summed E-state index contributed by atoms with van der Waals surface area (Å²) in [6, 6.07) is 0. The van der Waals surface area contributed by atoms with Gasteiger partial charge >= 0.3 is 0 Å². The van der Waals surface area contributed by atoms with Gasteiger partial charge in [-0.25, -0.2) is 9.97 Å². The predicted octanol–water partition coefficient (Wildman–Crippen LogP) is 2.14. The Labute approximate surface area is 132 Å². The van der Waals surface area contributed by atoms with Crippen LogP contribution in [0.15, 0.2) is 12.5 Å². The van der Waals surface area contributed by atoms with Gasteiger partial charge in [0.25, 0.3) is 5.91 Å². The van der Waals surface area contributed by atoms with Crippen molar-refractivity contribution in [3.63, 3.8) is 0 Å². The molecule has 0 spiro atoms. The van der Waals surface area contributed by atoms with Crippen molar-refractivity contribution >= 4 is 18.3 Å². The zero-order chi connectivity index (χ0) is 14.6. The highest BCUT2D eigenvalue weighted by molar-refractivity contribution is 5.95. The summed E-state index contributed by atoms with van der Waals surface area (Å²) in [6.07, 6.45) is 5.30. The van der Waals surface area contributed by atoms with Gasteiger partial charge in [0.15, 0.2) is 0 Å². The van der Waals surface area contributed by atoms with Crippen LogP contribution in [0.4, 0.5) is 0 Å². The molecule has 2 N–H and O–H groups in total. The van der Waals surface area contributed by atoms with Gasteiger partial charge < -0.3 is 10.6 Å². The molecule has 0 aromatic carbocycles. The van der Waals surface area contributed by atoms with Crippen LogP contribution in [0.3, 0.4) is 0 Å². The molecule has 1 amide bonds. The average molecular weight is 313 g/mol. The normalized spacial score (nSPS) is 17.1. The first-order valence-electron chi connectivity index (χ1n) is 7.31. The largest absolute Gasteiger partial charge is 0.351 e. The first kappa shape index (κ1) is 17.9. The number of carbonyl (C=O) groups excluding carboxylic acids is 1. The second kappa shape index (κ2) is 7.71. The van der Waals surface area contributed by atoms with E-state index in [1.807, 2.05) is 13.8 Å². The molecule has 0 atom stereocenters. The van der Waals surface area contributed by atoms with Crippen molar-refractivity contribution in [1.82, 2.24) is 20.6 Å². The molecule has 118 valence electrons. The fraction of sp³-hybridized carbons (Fsp3) is 0.667. The van der Waals surface area contributed by atoms with E-state index < -0.39 is 0 Å². The number of hydrogen-bond donors (Lipinski definition) is 2. The van der Waals surface area contributed by atoms with Crippen molar-refractivity contribution in [3.05, 3.63) is 23.8 Å². The zero-order valence-electron chi connectivity index (χ0n) is 13.0. The molecular formula is C15H25ClN4O. The van der Waals surface area contributed by atoms with Crippen molar-refractivity contribution in [2.45, 2.75) is 39.5 Å². The van der Waals surface area contributed by atoms with Gasteiger partial charge in [-0.3, -0.25) is 4.79 Å². The Kier molecular flexibility index (Phi) is 6.55. The number of carbonyl (C=O) groups is 1. The van der Waals surface area contributed by atoms with Gasteiger partial charge in [-0.1, -0.05) is 20.8 Å². The molecule has 2 rings (SSSR count). The Hall–Kier alpha value is -1.20. The number of aromatic nitrogens is 2. The Morgan fingerprint density at radius 3 is 2.71 bits per heavy atom. The van der Waals surface area contributed by atoms with Crippen LogP contribution in [0.1, 0.15) is 55.6 Å². The third-order valence-corrected chi connectivity index (χ3v) is 4.02. The number of halogens is 1. The molecule has 6 heteroatoms. The minimum atomic E-state index is -0.0611. The van der Waals surface area contributed by atoms with Crippen LogP contribution in [-0.4, -0.2) is 35.5 Å². The third kappa shape index (κ3) is 4.64. The van der Waals surface area contributed by atoms with E-state index in [9.17, 15) is 4.79 Å². The summed E-state index contributed by atoms with van der Waals surface area (Å²) in [5.74, 6) is 0.155. The number of rotatable bonds is 4. The molecule has 1 aliphatic rings. The topological polar surface area (TPSA) is 66.9 Å². The molecule has 2 heterocycles. The number of piperidine rings is 1. The molecular weight excluding hydrogens is 288 g/mol. The number of nitrogens with one attached hydrogen (secondary N) is 2. The van der Waals surface area contributed by atoms with E-state index >= 15 is 0 Å². The summed E-state index contributed by atoms with van der Waals surface area (Å²) >= 11 is 0. The smallest absolute Gasteiger partial charge is 0.254 e. The molecule has 1 fully saturated rings. The maximum atomic E-state index is 12.3. The lowest BCUT2D eigenvalue weighted by Gasteiger charge is -2.34. The highest BCUT2D eigenvalue weighted by Crippen LogP contribution is 2.27. The summed E-state index contributed by atoms with van der Waals surface area (Å²) in [5, 5.41) is 6.41. The first-order chi connectivity index (χ1) is 9.52. The van der Waals surface area contributed by atoms with Gasteiger partial charge in [0.05, 0.1) is 11.3 Å².